The van der Waals surface area contributed by atoms with Gasteiger partial charge in [-0.15, -0.1) is 0 Å². The van der Waals surface area contributed by atoms with E-state index in [0.29, 0.717) is 6.42 Å². The van der Waals surface area contributed by atoms with Gasteiger partial charge in [0.2, 0.25) is 0 Å². The van der Waals surface area contributed by atoms with Gasteiger partial charge in [0.1, 0.15) is 6.61 Å². The highest BCUT2D eigenvalue weighted by atomic mass is 31.2. The lowest BCUT2D eigenvalue weighted by Crippen LogP contribution is -2.29. The SMILES string of the molecule is CCCCC/C=C\C/C=C\CCCCCCCCCCCC(=O)OC(COC(=O)CCCCCCC/C=C\CCCCC)COP(=O)(O)OCCN. The van der Waals surface area contributed by atoms with Crippen LogP contribution >= 0.6 is 7.82 Å². The Morgan fingerprint density at radius 1 is 0.577 bits per heavy atom. The fraction of sp³-hybridized carbons (Fsp3) is 0.810. The number of ether oxygens (including phenoxy) is 2. The summed E-state index contributed by atoms with van der Waals surface area (Å²) in [7, 11) is -4.38. The number of nitrogens with two attached hydrogens (primary N) is 1. The summed E-state index contributed by atoms with van der Waals surface area (Å²) in [4.78, 5) is 34.8. The van der Waals surface area contributed by atoms with Crippen LogP contribution in [0.2, 0.25) is 0 Å². The molecule has 0 saturated heterocycles. The number of hydrogen-bond donors (Lipinski definition) is 2. The van der Waals surface area contributed by atoms with Crippen LogP contribution in [0.1, 0.15) is 187 Å². The monoisotopic (exact) mass is 756 g/mol. The van der Waals surface area contributed by atoms with Crippen molar-refractivity contribution >= 4 is 19.8 Å². The normalized spacial score (nSPS) is 13.7. The van der Waals surface area contributed by atoms with Gasteiger partial charge in [0.05, 0.1) is 13.2 Å². The highest BCUT2D eigenvalue weighted by molar-refractivity contribution is 7.47. The van der Waals surface area contributed by atoms with Crippen LogP contribution in [0, 0.1) is 0 Å². The number of phosphoric acid groups is 1. The minimum absolute atomic E-state index is 0.0513. The van der Waals surface area contributed by atoms with Gasteiger partial charge in [-0.3, -0.25) is 18.6 Å². The first kappa shape index (κ1) is 50.2. The molecule has 0 rings (SSSR count). The molecule has 0 saturated carbocycles. The third-order valence-corrected chi connectivity index (χ3v) is 9.73. The summed E-state index contributed by atoms with van der Waals surface area (Å²) in [5.41, 5.74) is 5.34. The van der Waals surface area contributed by atoms with E-state index in [1.807, 2.05) is 0 Å². The Balaban J connectivity index is 4.16. The molecule has 0 fully saturated rings. The number of rotatable bonds is 39. The van der Waals surface area contributed by atoms with Crippen molar-refractivity contribution in [3.63, 3.8) is 0 Å². The lowest BCUT2D eigenvalue weighted by atomic mass is 10.1. The van der Waals surface area contributed by atoms with Gasteiger partial charge in [-0.2, -0.15) is 0 Å². The smallest absolute Gasteiger partial charge is 0.462 e. The average molecular weight is 756 g/mol. The molecule has 0 bridgehead atoms. The topological polar surface area (TPSA) is 134 Å². The zero-order valence-electron chi connectivity index (χ0n) is 33.3. The third-order valence-electron chi connectivity index (χ3n) is 8.75. The Bertz CT molecular complexity index is 954. The molecule has 10 heteroatoms. The number of unbranched alkanes of at least 4 members (excludes halogenated alkanes) is 20. The molecule has 3 N–H and O–H groups in total. The summed E-state index contributed by atoms with van der Waals surface area (Å²) in [5.74, 6) is -0.843. The van der Waals surface area contributed by atoms with Gasteiger partial charge >= 0.3 is 19.8 Å². The molecule has 0 aliphatic heterocycles. The zero-order valence-corrected chi connectivity index (χ0v) is 34.2. The molecule has 0 radical (unpaired) electrons. The molecule has 0 heterocycles. The van der Waals surface area contributed by atoms with Crippen LogP contribution < -0.4 is 5.73 Å². The highest BCUT2D eigenvalue weighted by Crippen LogP contribution is 2.43. The number of allylic oxidation sites excluding steroid dienone is 6. The van der Waals surface area contributed by atoms with Crippen LogP contribution in [0.25, 0.3) is 0 Å². The van der Waals surface area contributed by atoms with E-state index in [9.17, 15) is 19.0 Å². The van der Waals surface area contributed by atoms with E-state index in [-0.39, 0.29) is 32.6 Å². The van der Waals surface area contributed by atoms with Crippen LogP contribution in [0.5, 0.6) is 0 Å². The van der Waals surface area contributed by atoms with Crippen molar-refractivity contribution in [1.82, 2.24) is 0 Å². The van der Waals surface area contributed by atoms with E-state index < -0.39 is 32.5 Å². The maximum Gasteiger partial charge on any atom is 0.472 e. The highest BCUT2D eigenvalue weighted by Gasteiger charge is 2.26. The fourth-order valence-corrected chi connectivity index (χ4v) is 6.36. The number of carbonyl (C=O) groups is 2. The minimum Gasteiger partial charge on any atom is -0.462 e. The van der Waals surface area contributed by atoms with Gasteiger partial charge in [0, 0.05) is 19.4 Å². The van der Waals surface area contributed by atoms with Crippen molar-refractivity contribution in [3.05, 3.63) is 36.5 Å². The van der Waals surface area contributed by atoms with Gasteiger partial charge in [-0.05, 0) is 70.6 Å². The quantitative estimate of drug-likeness (QED) is 0.0272. The van der Waals surface area contributed by atoms with Gasteiger partial charge < -0.3 is 20.1 Å². The predicted molar refractivity (Wildman–Crippen MR) is 215 cm³/mol. The van der Waals surface area contributed by atoms with Crippen molar-refractivity contribution in [1.29, 1.82) is 0 Å². The second kappa shape index (κ2) is 38.9. The molecule has 2 unspecified atom stereocenters. The van der Waals surface area contributed by atoms with E-state index in [2.05, 4.69) is 50.3 Å². The fourth-order valence-electron chi connectivity index (χ4n) is 5.60. The lowest BCUT2D eigenvalue weighted by Gasteiger charge is -2.19. The molecule has 52 heavy (non-hydrogen) atoms. The Morgan fingerprint density at radius 2 is 1.00 bits per heavy atom. The van der Waals surface area contributed by atoms with Crippen molar-refractivity contribution in [2.24, 2.45) is 5.73 Å². The molecular weight excluding hydrogens is 677 g/mol. The summed E-state index contributed by atoms with van der Waals surface area (Å²) in [6.07, 6.45) is 41.7. The number of phosphoric ester groups is 1. The molecule has 304 valence electrons. The molecule has 0 aliphatic carbocycles. The summed E-state index contributed by atoms with van der Waals surface area (Å²) >= 11 is 0. The molecule has 2 atom stereocenters. The first-order chi connectivity index (χ1) is 25.3. The Hall–Kier alpha value is -1.77. The van der Waals surface area contributed by atoms with E-state index in [0.717, 1.165) is 70.6 Å². The summed E-state index contributed by atoms with van der Waals surface area (Å²) in [6.45, 7) is 3.67. The minimum atomic E-state index is -4.38. The van der Waals surface area contributed by atoms with Crippen molar-refractivity contribution in [3.8, 4) is 0 Å². The largest absolute Gasteiger partial charge is 0.472 e. The van der Waals surface area contributed by atoms with Gasteiger partial charge in [-0.25, -0.2) is 4.57 Å². The number of esters is 2. The summed E-state index contributed by atoms with van der Waals surface area (Å²) < 4.78 is 32.7. The van der Waals surface area contributed by atoms with Gasteiger partial charge in [0.25, 0.3) is 0 Å². The van der Waals surface area contributed by atoms with Crippen molar-refractivity contribution in [2.75, 3.05) is 26.4 Å². The maximum atomic E-state index is 12.6. The van der Waals surface area contributed by atoms with Crippen molar-refractivity contribution < 1.29 is 37.6 Å². The predicted octanol–water partition coefficient (Wildman–Crippen LogP) is 11.8. The van der Waals surface area contributed by atoms with E-state index >= 15 is 0 Å². The lowest BCUT2D eigenvalue weighted by molar-refractivity contribution is -0.161. The van der Waals surface area contributed by atoms with Crippen LogP contribution in [-0.2, 0) is 32.7 Å². The Morgan fingerprint density at radius 3 is 1.48 bits per heavy atom. The number of carbonyl (C=O) groups excluding carboxylic acids is 2. The molecule has 0 spiro atoms. The molecule has 0 aliphatic rings. The van der Waals surface area contributed by atoms with Gasteiger partial charge in [-0.1, -0.05) is 140 Å². The van der Waals surface area contributed by atoms with Gasteiger partial charge in [0.15, 0.2) is 6.10 Å². The summed E-state index contributed by atoms with van der Waals surface area (Å²) in [5, 5.41) is 0. The molecule has 0 aromatic rings. The Labute approximate surface area is 318 Å². The third kappa shape index (κ3) is 38.0. The molecule has 0 aromatic carbocycles. The van der Waals surface area contributed by atoms with E-state index in [4.69, 9.17) is 24.3 Å². The van der Waals surface area contributed by atoms with Crippen LogP contribution in [0.3, 0.4) is 0 Å². The molecule has 0 aromatic heterocycles. The van der Waals surface area contributed by atoms with E-state index in [1.54, 1.807) is 0 Å². The van der Waals surface area contributed by atoms with Crippen LogP contribution in [-0.4, -0.2) is 49.3 Å². The first-order valence-electron chi connectivity index (χ1n) is 21.0. The average Bonchev–Trinajstić information content (AvgIpc) is 3.13. The summed E-state index contributed by atoms with van der Waals surface area (Å²) in [6, 6.07) is 0. The molecular formula is C42H78NO8P. The zero-order chi connectivity index (χ0) is 38.2. The van der Waals surface area contributed by atoms with Crippen LogP contribution in [0.15, 0.2) is 36.5 Å². The van der Waals surface area contributed by atoms with Crippen molar-refractivity contribution in [2.45, 2.75) is 193 Å². The Kier molecular flexibility index (Phi) is 37.6. The standard InChI is InChI=1S/C42H78NO8P/c1-3-5-7-9-11-13-15-17-18-19-20-21-22-23-25-27-29-31-33-35-42(45)51-40(39-50-52(46,47)49-37-36-43)38-48-41(44)34-32-30-28-26-24-16-14-12-10-8-6-4-2/h11-14,17-18,40H,3-10,15-16,19-39,43H2,1-2H3,(H,46,47)/b13-11-,14-12-,18-17-. The van der Waals surface area contributed by atoms with Crippen LogP contribution in [0.4, 0.5) is 0 Å². The number of hydrogen-bond acceptors (Lipinski definition) is 8. The maximum absolute atomic E-state index is 12.6. The molecule has 0 amide bonds. The van der Waals surface area contributed by atoms with E-state index in [1.165, 1.54) is 83.5 Å². The molecule has 9 nitrogen and oxygen atoms in total. The second-order valence-electron chi connectivity index (χ2n) is 13.8. The second-order valence-corrected chi connectivity index (χ2v) is 15.3. The first-order valence-corrected chi connectivity index (χ1v) is 22.5.